The van der Waals surface area contributed by atoms with Gasteiger partial charge in [-0.05, 0) is 45.6 Å². The Morgan fingerprint density at radius 3 is 2.47 bits per heavy atom. The van der Waals surface area contributed by atoms with Gasteiger partial charge in [0.2, 0.25) is 0 Å². The fourth-order valence-electron chi connectivity index (χ4n) is 2.96. The van der Waals surface area contributed by atoms with Gasteiger partial charge in [0.15, 0.2) is 0 Å². The summed E-state index contributed by atoms with van der Waals surface area (Å²) in [6.45, 7) is 2.33. The van der Waals surface area contributed by atoms with Crippen molar-refractivity contribution in [2.45, 2.75) is 57.5 Å². The van der Waals surface area contributed by atoms with Gasteiger partial charge in [0.1, 0.15) is 0 Å². The fraction of sp³-hybridized carbons (Fsp3) is 0.923. The standard InChI is InChI=1S/C13H22N2/c1-10(11-7-8-11)15(2)13-6-4-3-5-12(13)9-14/h10-13H,3-8H2,1-2H3. The third kappa shape index (κ3) is 2.34. The summed E-state index contributed by atoms with van der Waals surface area (Å²) in [5.41, 5.74) is 0. The predicted octanol–water partition coefficient (Wildman–Crippen LogP) is 2.80. The second-order valence-corrected chi connectivity index (χ2v) is 5.33. The van der Waals surface area contributed by atoms with E-state index in [9.17, 15) is 0 Å². The highest BCUT2D eigenvalue weighted by Gasteiger charge is 2.36. The van der Waals surface area contributed by atoms with Crippen molar-refractivity contribution in [1.29, 1.82) is 5.26 Å². The SMILES string of the molecule is CC(C1CC1)N(C)C1CCCCC1C#N. The Balaban J connectivity index is 1.97. The van der Waals surface area contributed by atoms with Gasteiger partial charge in [-0.2, -0.15) is 5.26 Å². The van der Waals surface area contributed by atoms with Gasteiger partial charge in [-0.15, -0.1) is 0 Å². The lowest BCUT2D eigenvalue weighted by Gasteiger charge is -2.38. The zero-order chi connectivity index (χ0) is 10.8. The molecule has 2 aliphatic carbocycles. The smallest absolute Gasteiger partial charge is 0.0672 e. The minimum Gasteiger partial charge on any atom is -0.299 e. The summed E-state index contributed by atoms with van der Waals surface area (Å²) in [5, 5.41) is 9.17. The first-order chi connectivity index (χ1) is 7.24. The molecule has 0 radical (unpaired) electrons. The predicted molar refractivity (Wildman–Crippen MR) is 61.3 cm³/mol. The Kier molecular flexibility index (Phi) is 3.31. The number of hydrogen-bond acceptors (Lipinski definition) is 2. The Morgan fingerprint density at radius 1 is 1.20 bits per heavy atom. The number of rotatable bonds is 3. The summed E-state index contributed by atoms with van der Waals surface area (Å²) in [7, 11) is 2.23. The van der Waals surface area contributed by atoms with E-state index in [0.717, 1.165) is 12.3 Å². The van der Waals surface area contributed by atoms with Crippen LogP contribution in [-0.4, -0.2) is 24.0 Å². The number of nitrogens with zero attached hydrogens (tertiary/aromatic N) is 2. The number of hydrogen-bond donors (Lipinski definition) is 0. The summed E-state index contributed by atoms with van der Waals surface area (Å²) >= 11 is 0. The van der Waals surface area contributed by atoms with Gasteiger partial charge < -0.3 is 0 Å². The van der Waals surface area contributed by atoms with Crippen LogP contribution in [0.1, 0.15) is 45.4 Å². The molecule has 0 aliphatic heterocycles. The summed E-state index contributed by atoms with van der Waals surface area (Å²) in [5.74, 6) is 1.20. The summed E-state index contributed by atoms with van der Waals surface area (Å²) in [6, 6.07) is 3.72. The molecule has 0 amide bonds. The molecule has 3 atom stereocenters. The highest BCUT2D eigenvalue weighted by molar-refractivity contribution is 4.97. The topological polar surface area (TPSA) is 27.0 Å². The molecule has 0 aromatic heterocycles. The van der Waals surface area contributed by atoms with E-state index < -0.39 is 0 Å². The van der Waals surface area contributed by atoms with E-state index in [1.54, 1.807) is 0 Å². The molecule has 2 heteroatoms. The van der Waals surface area contributed by atoms with Crippen LogP contribution in [0.3, 0.4) is 0 Å². The maximum absolute atomic E-state index is 9.17. The quantitative estimate of drug-likeness (QED) is 0.710. The van der Waals surface area contributed by atoms with Crippen LogP contribution in [0.15, 0.2) is 0 Å². The van der Waals surface area contributed by atoms with E-state index in [-0.39, 0.29) is 5.92 Å². The molecule has 0 aromatic rings. The summed E-state index contributed by atoms with van der Waals surface area (Å²) < 4.78 is 0. The molecule has 0 aromatic carbocycles. The molecule has 0 bridgehead atoms. The van der Waals surface area contributed by atoms with Crippen molar-refractivity contribution < 1.29 is 0 Å². The highest BCUT2D eigenvalue weighted by Crippen LogP contribution is 2.37. The largest absolute Gasteiger partial charge is 0.299 e. The van der Waals surface area contributed by atoms with Crippen molar-refractivity contribution in [2.24, 2.45) is 11.8 Å². The van der Waals surface area contributed by atoms with Crippen molar-refractivity contribution >= 4 is 0 Å². The lowest BCUT2D eigenvalue weighted by Crippen LogP contribution is -2.45. The molecular formula is C13H22N2. The molecule has 0 saturated heterocycles. The molecule has 84 valence electrons. The van der Waals surface area contributed by atoms with Crippen molar-refractivity contribution in [3.8, 4) is 6.07 Å². The molecule has 0 N–H and O–H groups in total. The first kappa shape index (κ1) is 11.0. The van der Waals surface area contributed by atoms with E-state index in [1.165, 1.54) is 32.1 Å². The summed E-state index contributed by atoms with van der Waals surface area (Å²) in [6.07, 6.45) is 7.70. The Labute approximate surface area is 93.3 Å². The van der Waals surface area contributed by atoms with Crippen LogP contribution in [0.2, 0.25) is 0 Å². The van der Waals surface area contributed by atoms with Gasteiger partial charge in [0.25, 0.3) is 0 Å². The van der Waals surface area contributed by atoms with Crippen LogP contribution in [-0.2, 0) is 0 Å². The molecule has 15 heavy (non-hydrogen) atoms. The molecule has 0 spiro atoms. The van der Waals surface area contributed by atoms with Gasteiger partial charge in [0, 0.05) is 12.1 Å². The highest BCUT2D eigenvalue weighted by atomic mass is 15.2. The van der Waals surface area contributed by atoms with Gasteiger partial charge in [-0.3, -0.25) is 4.90 Å². The minimum atomic E-state index is 0.282. The Bertz CT molecular complexity index is 252. The third-order valence-electron chi connectivity index (χ3n) is 4.37. The molecule has 3 unspecified atom stereocenters. The zero-order valence-corrected chi connectivity index (χ0v) is 9.95. The van der Waals surface area contributed by atoms with Crippen LogP contribution < -0.4 is 0 Å². The van der Waals surface area contributed by atoms with Gasteiger partial charge >= 0.3 is 0 Å². The summed E-state index contributed by atoms with van der Waals surface area (Å²) in [4.78, 5) is 2.49. The van der Waals surface area contributed by atoms with Crippen LogP contribution in [0.25, 0.3) is 0 Å². The van der Waals surface area contributed by atoms with Gasteiger partial charge in [0.05, 0.1) is 12.0 Å². The van der Waals surface area contributed by atoms with E-state index >= 15 is 0 Å². The van der Waals surface area contributed by atoms with Crippen molar-refractivity contribution in [2.75, 3.05) is 7.05 Å². The monoisotopic (exact) mass is 206 g/mol. The van der Waals surface area contributed by atoms with Crippen LogP contribution in [0, 0.1) is 23.2 Å². The van der Waals surface area contributed by atoms with Gasteiger partial charge in [-0.1, -0.05) is 12.8 Å². The molecule has 0 heterocycles. The second kappa shape index (κ2) is 4.53. The van der Waals surface area contributed by atoms with E-state index in [2.05, 4.69) is 24.9 Å². The zero-order valence-electron chi connectivity index (χ0n) is 9.95. The molecule has 2 aliphatic rings. The lowest BCUT2D eigenvalue weighted by atomic mass is 9.84. The number of nitriles is 1. The van der Waals surface area contributed by atoms with Crippen molar-refractivity contribution in [1.82, 2.24) is 4.90 Å². The molecular weight excluding hydrogens is 184 g/mol. The average molecular weight is 206 g/mol. The van der Waals surface area contributed by atoms with Crippen molar-refractivity contribution in [3.63, 3.8) is 0 Å². The fourth-order valence-corrected chi connectivity index (χ4v) is 2.96. The first-order valence-corrected chi connectivity index (χ1v) is 6.35. The molecule has 2 fully saturated rings. The molecule has 2 saturated carbocycles. The first-order valence-electron chi connectivity index (χ1n) is 6.35. The van der Waals surface area contributed by atoms with E-state index in [1.807, 2.05) is 0 Å². The van der Waals surface area contributed by atoms with E-state index in [0.29, 0.717) is 12.1 Å². The average Bonchev–Trinajstić information content (AvgIpc) is 3.11. The lowest BCUT2D eigenvalue weighted by molar-refractivity contribution is 0.107. The second-order valence-electron chi connectivity index (χ2n) is 5.33. The molecule has 2 rings (SSSR count). The normalized spacial score (nSPS) is 33.7. The maximum atomic E-state index is 9.17. The maximum Gasteiger partial charge on any atom is 0.0672 e. The van der Waals surface area contributed by atoms with Crippen molar-refractivity contribution in [3.05, 3.63) is 0 Å². The van der Waals surface area contributed by atoms with Crippen LogP contribution >= 0.6 is 0 Å². The Morgan fingerprint density at radius 2 is 1.87 bits per heavy atom. The Hall–Kier alpha value is -0.550. The van der Waals surface area contributed by atoms with Crippen LogP contribution in [0.5, 0.6) is 0 Å². The van der Waals surface area contributed by atoms with Gasteiger partial charge in [-0.25, -0.2) is 0 Å². The molecule has 2 nitrogen and oxygen atoms in total. The third-order valence-corrected chi connectivity index (χ3v) is 4.37. The minimum absolute atomic E-state index is 0.282. The van der Waals surface area contributed by atoms with Crippen LogP contribution in [0.4, 0.5) is 0 Å². The van der Waals surface area contributed by atoms with E-state index in [4.69, 9.17) is 5.26 Å².